The van der Waals surface area contributed by atoms with Gasteiger partial charge in [-0.05, 0) is 6.92 Å². The summed E-state index contributed by atoms with van der Waals surface area (Å²) in [6.07, 6.45) is 0. The molecule has 0 aliphatic heterocycles. The van der Waals surface area contributed by atoms with Crippen molar-refractivity contribution in [2.24, 2.45) is 0 Å². The minimum absolute atomic E-state index is 0.00873. The van der Waals surface area contributed by atoms with Gasteiger partial charge in [0.25, 0.3) is 0 Å². The van der Waals surface area contributed by atoms with E-state index >= 15 is 0 Å². The van der Waals surface area contributed by atoms with E-state index in [2.05, 4.69) is 11.3 Å². The number of alkyl halides is 2. The van der Waals surface area contributed by atoms with Gasteiger partial charge in [0.05, 0.1) is 0 Å². The first-order chi connectivity index (χ1) is 4.54. The fraction of sp³-hybridized carbons (Fsp3) is 0.500. The Hall–Kier alpha value is -0.210. The van der Waals surface area contributed by atoms with Gasteiger partial charge in [0.2, 0.25) is 0 Å². The third-order valence-corrected chi connectivity index (χ3v) is 0.941. The molecule has 10 heavy (non-hydrogen) atoms. The zero-order valence-corrected chi connectivity index (χ0v) is 7.08. The van der Waals surface area contributed by atoms with Crippen LogP contribution < -0.4 is 0 Å². The lowest BCUT2D eigenvalue weighted by molar-refractivity contribution is -0.138. The Kier molecular flexibility index (Phi) is 4.49. The molecule has 0 aromatic carbocycles. The Balaban J connectivity index is 3.50. The summed E-state index contributed by atoms with van der Waals surface area (Å²) in [4.78, 5) is 9.94. The van der Waals surface area contributed by atoms with Crippen molar-refractivity contribution in [2.45, 2.75) is 11.8 Å². The predicted octanol–water partition coefficient (Wildman–Crippen LogP) is 1.91. The van der Waals surface area contributed by atoms with Gasteiger partial charge in [-0.1, -0.05) is 6.58 Å². The van der Waals surface area contributed by atoms with Crippen LogP contribution in [0.2, 0.25) is 0 Å². The molecule has 0 saturated heterocycles. The molecular formula is C6H8Cl2O2. The first-order valence-electron chi connectivity index (χ1n) is 2.65. The van der Waals surface area contributed by atoms with Crippen LogP contribution in [0.5, 0.6) is 0 Å². The van der Waals surface area contributed by atoms with Crippen molar-refractivity contribution in [1.82, 2.24) is 0 Å². The summed E-state index contributed by atoms with van der Waals surface area (Å²) in [5.74, 6) is -0.466. The molecule has 0 heterocycles. The fourth-order valence-electron chi connectivity index (χ4n) is 0.262. The molecule has 0 spiro atoms. The molecule has 0 bridgehead atoms. The van der Waals surface area contributed by atoms with Gasteiger partial charge in [-0.25, -0.2) is 4.79 Å². The van der Waals surface area contributed by atoms with Gasteiger partial charge in [-0.3, -0.25) is 0 Å². The number of halogens is 2. The third-order valence-electron chi connectivity index (χ3n) is 0.689. The van der Waals surface area contributed by atoms with Gasteiger partial charge in [0, 0.05) is 5.57 Å². The minimum atomic E-state index is -0.664. The van der Waals surface area contributed by atoms with Gasteiger partial charge in [-0.15, -0.1) is 23.2 Å². The highest BCUT2D eigenvalue weighted by atomic mass is 35.5. The van der Waals surface area contributed by atoms with E-state index in [1.807, 2.05) is 0 Å². The summed E-state index contributed by atoms with van der Waals surface area (Å²) in [6, 6.07) is 0. The van der Waals surface area contributed by atoms with Crippen LogP contribution in [0.3, 0.4) is 0 Å². The van der Waals surface area contributed by atoms with Crippen molar-refractivity contribution < 1.29 is 9.53 Å². The van der Waals surface area contributed by atoms with E-state index in [1.165, 1.54) is 0 Å². The molecule has 0 atom stereocenters. The summed E-state index contributed by atoms with van der Waals surface area (Å²) in [5, 5.41) is 0. The molecule has 0 aliphatic rings. The van der Waals surface area contributed by atoms with Crippen LogP contribution in [0.1, 0.15) is 6.92 Å². The van der Waals surface area contributed by atoms with E-state index in [0.717, 1.165) is 0 Å². The molecule has 0 N–H and O–H groups in total. The zero-order chi connectivity index (χ0) is 8.15. The average Bonchev–Trinajstić information content (AvgIpc) is 1.82. The molecule has 0 aliphatic carbocycles. The standard InChI is InChI=1S/C6H8Cl2O2/c1-4(2)6(9)10-3-5(7)8/h5H,1,3H2,2H3. The first-order valence-corrected chi connectivity index (χ1v) is 3.52. The highest BCUT2D eigenvalue weighted by Crippen LogP contribution is 2.02. The third kappa shape index (κ3) is 4.65. The normalized spacial score (nSPS) is 9.60. The van der Waals surface area contributed by atoms with Crippen molar-refractivity contribution in [1.29, 1.82) is 0 Å². The number of hydrogen-bond acceptors (Lipinski definition) is 2. The molecule has 2 nitrogen and oxygen atoms in total. The van der Waals surface area contributed by atoms with Crippen molar-refractivity contribution in [3.8, 4) is 0 Å². The molecule has 0 rings (SSSR count). The van der Waals surface area contributed by atoms with Gasteiger partial charge >= 0.3 is 5.97 Å². The van der Waals surface area contributed by atoms with Crippen LogP contribution in [0.4, 0.5) is 0 Å². The SMILES string of the molecule is C=C(C)C(=O)OCC(Cl)Cl. The molecule has 0 radical (unpaired) electrons. The number of hydrogen-bond donors (Lipinski definition) is 0. The van der Waals surface area contributed by atoms with Crippen LogP contribution in [-0.4, -0.2) is 17.4 Å². The van der Waals surface area contributed by atoms with E-state index in [4.69, 9.17) is 23.2 Å². The highest BCUT2D eigenvalue weighted by Gasteiger charge is 2.05. The largest absolute Gasteiger partial charge is 0.459 e. The first kappa shape index (κ1) is 9.79. The van der Waals surface area contributed by atoms with Gasteiger partial charge in [0.1, 0.15) is 11.4 Å². The molecule has 4 heteroatoms. The van der Waals surface area contributed by atoms with Crippen LogP contribution in [0, 0.1) is 0 Å². The average molecular weight is 183 g/mol. The van der Waals surface area contributed by atoms with Crippen LogP contribution in [0.25, 0.3) is 0 Å². The van der Waals surface area contributed by atoms with E-state index in [1.54, 1.807) is 6.92 Å². The fourth-order valence-corrected chi connectivity index (χ4v) is 0.388. The number of ether oxygens (including phenoxy) is 1. The van der Waals surface area contributed by atoms with Crippen LogP contribution in [-0.2, 0) is 9.53 Å². The molecule has 0 aromatic heterocycles. The second-order valence-corrected chi connectivity index (χ2v) is 3.05. The summed E-state index contributed by atoms with van der Waals surface area (Å²) in [6.45, 7) is 4.94. The molecule has 0 saturated carbocycles. The van der Waals surface area contributed by atoms with Crippen molar-refractivity contribution in [3.05, 3.63) is 12.2 Å². The topological polar surface area (TPSA) is 26.3 Å². The lowest BCUT2D eigenvalue weighted by Crippen LogP contribution is -2.10. The van der Waals surface area contributed by atoms with Gasteiger partial charge in [-0.2, -0.15) is 0 Å². The maximum Gasteiger partial charge on any atom is 0.333 e. The van der Waals surface area contributed by atoms with Crippen molar-refractivity contribution in [3.63, 3.8) is 0 Å². The van der Waals surface area contributed by atoms with E-state index in [9.17, 15) is 4.79 Å². The number of carbonyl (C=O) groups is 1. The minimum Gasteiger partial charge on any atom is -0.459 e. The Morgan fingerprint density at radius 2 is 2.20 bits per heavy atom. The summed E-state index contributed by atoms with van der Waals surface area (Å²) in [7, 11) is 0. The van der Waals surface area contributed by atoms with Gasteiger partial charge in [0.15, 0.2) is 0 Å². The number of esters is 1. The van der Waals surface area contributed by atoms with Crippen LogP contribution in [0.15, 0.2) is 12.2 Å². The second-order valence-electron chi connectivity index (χ2n) is 1.77. The number of carbonyl (C=O) groups excluding carboxylic acids is 1. The zero-order valence-electron chi connectivity index (χ0n) is 5.56. The maximum atomic E-state index is 10.6. The Morgan fingerprint density at radius 3 is 2.50 bits per heavy atom. The molecule has 0 amide bonds. The summed E-state index contributed by atoms with van der Waals surface area (Å²) in [5.41, 5.74) is 0.342. The quantitative estimate of drug-likeness (QED) is 0.379. The lowest BCUT2D eigenvalue weighted by Gasteiger charge is -2.02. The second kappa shape index (κ2) is 4.58. The Morgan fingerprint density at radius 1 is 1.70 bits per heavy atom. The smallest absolute Gasteiger partial charge is 0.333 e. The Bertz CT molecular complexity index is 143. The lowest BCUT2D eigenvalue weighted by atomic mass is 10.4. The monoisotopic (exact) mass is 182 g/mol. The molecule has 0 unspecified atom stereocenters. The van der Waals surface area contributed by atoms with E-state index < -0.39 is 10.8 Å². The number of rotatable bonds is 3. The summed E-state index contributed by atoms with van der Waals surface area (Å²) >= 11 is 10.6. The summed E-state index contributed by atoms with van der Waals surface area (Å²) < 4.78 is 4.56. The van der Waals surface area contributed by atoms with Crippen molar-refractivity contribution >= 4 is 29.2 Å². The van der Waals surface area contributed by atoms with E-state index in [-0.39, 0.29) is 6.61 Å². The van der Waals surface area contributed by atoms with Crippen LogP contribution >= 0.6 is 23.2 Å². The van der Waals surface area contributed by atoms with E-state index in [0.29, 0.717) is 5.57 Å². The highest BCUT2D eigenvalue weighted by molar-refractivity contribution is 6.44. The molecule has 0 aromatic rings. The Labute approximate surface area is 69.8 Å². The van der Waals surface area contributed by atoms with Crippen molar-refractivity contribution in [2.75, 3.05) is 6.61 Å². The molecule has 58 valence electrons. The predicted molar refractivity (Wildman–Crippen MR) is 41.3 cm³/mol. The van der Waals surface area contributed by atoms with Gasteiger partial charge < -0.3 is 4.74 Å². The molecule has 0 fully saturated rings. The maximum absolute atomic E-state index is 10.6. The molecular weight excluding hydrogens is 175 g/mol.